The summed E-state index contributed by atoms with van der Waals surface area (Å²) in [6.07, 6.45) is 2.92. The molecule has 5 rings (SSSR count). The molecule has 0 spiro atoms. The topological polar surface area (TPSA) is 128 Å². The second-order valence-electron chi connectivity index (χ2n) is 7.21. The van der Waals surface area contributed by atoms with E-state index in [1.165, 1.54) is 21.5 Å². The average Bonchev–Trinajstić information content (AvgIpc) is 3.55. The van der Waals surface area contributed by atoms with Crippen LogP contribution in [0, 0.1) is 0 Å². The molecule has 166 valence electrons. The summed E-state index contributed by atoms with van der Waals surface area (Å²) in [4.78, 5) is 0. The van der Waals surface area contributed by atoms with Crippen LogP contribution in [0.25, 0.3) is 35.0 Å². The minimum atomic E-state index is -0.0595. The van der Waals surface area contributed by atoms with Crippen molar-refractivity contribution in [2.75, 3.05) is 0 Å². The minimum absolute atomic E-state index is 0.0595. The second-order valence-corrected chi connectivity index (χ2v) is 7.21. The van der Waals surface area contributed by atoms with Crippen LogP contribution in [0.4, 0.5) is 0 Å². The highest BCUT2D eigenvalue weighted by Gasteiger charge is 2.11. The highest BCUT2D eigenvalue weighted by molar-refractivity contribution is 5.79. The van der Waals surface area contributed by atoms with Crippen LogP contribution < -0.4 is 0 Å². The van der Waals surface area contributed by atoms with E-state index in [1.807, 2.05) is 60.7 Å². The third-order valence-electron chi connectivity index (χ3n) is 4.97. The molecule has 0 amide bonds. The van der Waals surface area contributed by atoms with Gasteiger partial charge in [0.25, 0.3) is 0 Å². The molecule has 5 aromatic rings. The molecule has 0 radical (unpaired) electrons. The number of hydrogen-bond donors (Lipinski definition) is 2. The van der Waals surface area contributed by atoms with Crippen LogP contribution in [0.2, 0.25) is 0 Å². The maximum atomic E-state index is 10.7. The molecule has 0 bridgehead atoms. The molecule has 0 aliphatic rings. The Bertz CT molecular complexity index is 1360. The van der Waals surface area contributed by atoms with Crippen LogP contribution in [0.3, 0.4) is 0 Å². The van der Waals surface area contributed by atoms with E-state index in [9.17, 15) is 10.2 Å². The number of tetrazole rings is 2. The normalized spacial score (nSPS) is 12.1. The number of aromatic nitrogens is 8. The van der Waals surface area contributed by atoms with E-state index in [2.05, 4.69) is 31.1 Å². The zero-order valence-corrected chi connectivity index (χ0v) is 17.7. The van der Waals surface area contributed by atoms with Gasteiger partial charge in [-0.25, -0.2) is 0 Å². The Kier molecular flexibility index (Phi) is 5.60. The second kappa shape index (κ2) is 9.17. The summed E-state index contributed by atoms with van der Waals surface area (Å²) >= 11 is 0. The molecule has 0 saturated carbocycles. The van der Waals surface area contributed by atoms with E-state index in [0.717, 1.165) is 11.4 Å². The number of aliphatic hydroxyl groups excluding tert-OH is 2. The number of aliphatic hydroxyl groups is 2. The van der Waals surface area contributed by atoms with E-state index in [1.54, 1.807) is 24.3 Å². The fourth-order valence-electron chi connectivity index (χ4n) is 3.32. The first-order chi connectivity index (χ1) is 16.7. The summed E-state index contributed by atoms with van der Waals surface area (Å²) in [6.45, 7) is 0. The van der Waals surface area contributed by atoms with Crippen molar-refractivity contribution in [2.24, 2.45) is 0 Å². The molecule has 0 saturated heterocycles. The van der Waals surface area contributed by atoms with Crippen LogP contribution in [0.1, 0.15) is 22.8 Å². The molecular weight excluding hydrogens is 432 g/mol. The van der Waals surface area contributed by atoms with Crippen LogP contribution in [-0.4, -0.2) is 50.6 Å². The van der Waals surface area contributed by atoms with Gasteiger partial charge in [-0.3, -0.25) is 0 Å². The number of hydrogen-bond acceptors (Lipinski definition) is 8. The van der Waals surface area contributed by atoms with Gasteiger partial charge in [0.15, 0.2) is 11.6 Å². The minimum Gasteiger partial charge on any atom is -0.507 e. The van der Waals surface area contributed by atoms with Crippen LogP contribution in [0.5, 0.6) is 0 Å². The number of benzene rings is 3. The molecule has 0 aliphatic heterocycles. The molecule has 0 fully saturated rings. The fourth-order valence-corrected chi connectivity index (χ4v) is 3.32. The lowest BCUT2D eigenvalue weighted by Gasteiger charge is -2.06. The van der Waals surface area contributed by atoms with E-state index < -0.39 is 0 Å². The van der Waals surface area contributed by atoms with Gasteiger partial charge in [0.05, 0.1) is 11.4 Å². The SMILES string of the molecule is OC(=Cc1nnnn1-c1ccccc1)c1cccc(C(O)=Cc2nnnn2-c2ccccc2)c1. The van der Waals surface area contributed by atoms with Crippen molar-refractivity contribution in [3.8, 4) is 11.4 Å². The van der Waals surface area contributed by atoms with Crippen molar-refractivity contribution in [1.82, 2.24) is 40.4 Å². The summed E-state index contributed by atoms with van der Waals surface area (Å²) < 4.78 is 3.03. The summed E-state index contributed by atoms with van der Waals surface area (Å²) in [6, 6.07) is 25.5. The van der Waals surface area contributed by atoms with E-state index >= 15 is 0 Å². The maximum absolute atomic E-state index is 10.7. The molecule has 2 N–H and O–H groups in total. The number of rotatable bonds is 6. The maximum Gasteiger partial charge on any atom is 0.183 e. The molecule has 0 unspecified atom stereocenters. The van der Waals surface area contributed by atoms with E-state index in [0.29, 0.717) is 22.8 Å². The number of para-hydroxylation sites is 2. The fraction of sp³-hybridized carbons (Fsp3) is 0. The quantitative estimate of drug-likeness (QED) is 0.374. The van der Waals surface area contributed by atoms with Gasteiger partial charge < -0.3 is 10.2 Å². The molecule has 0 aliphatic carbocycles. The van der Waals surface area contributed by atoms with Gasteiger partial charge in [0.2, 0.25) is 0 Å². The van der Waals surface area contributed by atoms with E-state index in [4.69, 9.17) is 0 Å². The Hall–Kier alpha value is -5.12. The standard InChI is InChI=1S/C24H18N8O2/c33-21(15-23-25-27-29-31(23)19-10-3-1-4-11-19)17-8-7-9-18(14-17)22(34)16-24-26-28-30-32(24)20-12-5-2-6-13-20/h1-16,33-34H. The Morgan fingerprint density at radius 3 is 1.47 bits per heavy atom. The molecule has 2 heterocycles. The third kappa shape index (κ3) is 4.28. The van der Waals surface area contributed by atoms with Crippen molar-refractivity contribution >= 4 is 23.7 Å². The zero-order chi connectivity index (χ0) is 23.3. The number of nitrogens with zero attached hydrogens (tertiary/aromatic N) is 8. The van der Waals surface area contributed by atoms with Gasteiger partial charge in [-0.1, -0.05) is 54.6 Å². The van der Waals surface area contributed by atoms with Crippen molar-refractivity contribution in [2.45, 2.75) is 0 Å². The van der Waals surface area contributed by atoms with Crippen LogP contribution in [0.15, 0.2) is 84.9 Å². The first kappa shape index (κ1) is 20.8. The highest BCUT2D eigenvalue weighted by Crippen LogP contribution is 2.22. The zero-order valence-electron chi connectivity index (χ0n) is 17.7. The molecule has 34 heavy (non-hydrogen) atoms. The van der Waals surface area contributed by atoms with Crippen molar-refractivity contribution in [3.05, 3.63) is 108 Å². The van der Waals surface area contributed by atoms with Crippen LogP contribution >= 0.6 is 0 Å². The summed E-state index contributed by atoms with van der Waals surface area (Å²) in [7, 11) is 0. The Labute approximate surface area is 193 Å². The molecule has 10 heteroatoms. The lowest BCUT2D eigenvalue weighted by molar-refractivity contribution is 0.512. The predicted molar refractivity (Wildman–Crippen MR) is 126 cm³/mol. The molecule has 0 atom stereocenters. The molecule has 10 nitrogen and oxygen atoms in total. The highest BCUT2D eigenvalue weighted by atomic mass is 16.3. The van der Waals surface area contributed by atoms with Crippen molar-refractivity contribution < 1.29 is 10.2 Å². The van der Waals surface area contributed by atoms with Gasteiger partial charge in [-0.2, -0.15) is 9.36 Å². The van der Waals surface area contributed by atoms with Gasteiger partial charge in [-0.15, -0.1) is 10.2 Å². The Morgan fingerprint density at radius 1 is 0.588 bits per heavy atom. The lowest BCUT2D eigenvalue weighted by atomic mass is 10.1. The smallest absolute Gasteiger partial charge is 0.183 e. The molecule has 3 aromatic carbocycles. The first-order valence-electron chi connectivity index (χ1n) is 10.3. The summed E-state index contributed by atoms with van der Waals surface area (Å²) in [5.74, 6) is 0.596. The van der Waals surface area contributed by atoms with Gasteiger partial charge >= 0.3 is 0 Å². The van der Waals surface area contributed by atoms with Gasteiger partial charge in [-0.05, 0) is 51.2 Å². The van der Waals surface area contributed by atoms with Gasteiger partial charge in [0.1, 0.15) is 11.5 Å². The summed E-state index contributed by atoms with van der Waals surface area (Å²) in [5, 5.41) is 44.8. The Balaban J connectivity index is 1.44. The summed E-state index contributed by atoms with van der Waals surface area (Å²) in [5.41, 5.74) is 2.47. The van der Waals surface area contributed by atoms with Crippen LogP contribution in [-0.2, 0) is 0 Å². The molecule has 2 aromatic heterocycles. The third-order valence-corrected chi connectivity index (χ3v) is 4.97. The first-order valence-corrected chi connectivity index (χ1v) is 10.3. The van der Waals surface area contributed by atoms with Crippen molar-refractivity contribution in [3.63, 3.8) is 0 Å². The van der Waals surface area contributed by atoms with E-state index in [-0.39, 0.29) is 11.5 Å². The Morgan fingerprint density at radius 2 is 1.03 bits per heavy atom. The average molecular weight is 450 g/mol. The lowest BCUT2D eigenvalue weighted by Crippen LogP contribution is -2.00. The van der Waals surface area contributed by atoms with Crippen molar-refractivity contribution in [1.29, 1.82) is 0 Å². The predicted octanol–water partition coefficient (Wildman–Crippen LogP) is 3.75. The monoisotopic (exact) mass is 450 g/mol. The molecular formula is C24H18N8O2. The van der Waals surface area contributed by atoms with Gasteiger partial charge in [0, 0.05) is 23.3 Å². The largest absolute Gasteiger partial charge is 0.507 e.